The Morgan fingerprint density at radius 2 is 1.67 bits per heavy atom. The van der Waals surface area contributed by atoms with E-state index in [1.165, 1.54) is 6.20 Å². The Labute approximate surface area is 164 Å². The van der Waals surface area contributed by atoms with Crippen molar-refractivity contribution in [1.82, 2.24) is 9.88 Å². The van der Waals surface area contributed by atoms with Gasteiger partial charge in [-0.15, -0.1) is 12.4 Å². The fourth-order valence-corrected chi connectivity index (χ4v) is 2.86. The maximum absolute atomic E-state index is 12.5. The third-order valence-corrected chi connectivity index (χ3v) is 4.31. The van der Waals surface area contributed by atoms with E-state index in [1.54, 1.807) is 37.3 Å². The molecule has 1 aliphatic rings. The molecule has 144 valence electrons. The van der Waals surface area contributed by atoms with E-state index in [-0.39, 0.29) is 24.3 Å². The van der Waals surface area contributed by atoms with Crippen LogP contribution in [0.5, 0.6) is 0 Å². The van der Waals surface area contributed by atoms with Crippen molar-refractivity contribution in [3.8, 4) is 0 Å². The largest absolute Gasteiger partial charge is 0.462 e. The number of hydrogen-bond donors (Lipinski definition) is 1. The van der Waals surface area contributed by atoms with Crippen LogP contribution in [0.2, 0.25) is 0 Å². The lowest BCUT2D eigenvalue weighted by atomic mass is 10.1. The minimum Gasteiger partial charge on any atom is -0.462 e. The van der Waals surface area contributed by atoms with Crippen LogP contribution in [0.25, 0.3) is 0 Å². The van der Waals surface area contributed by atoms with Gasteiger partial charge in [0.25, 0.3) is 5.91 Å². The normalized spacial score (nSPS) is 13.7. The third-order valence-electron chi connectivity index (χ3n) is 4.31. The van der Waals surface area contributed by atoms with Crippen molar-refractivity contribution < 1.29 is 14.3 Å². The first-order chi connectivity index (χ1) is 12.6. The quantitative estimate of drug-likeness (QED) is 0.636. The molecule has 0 aliphatic carbocycles. The Morgan fingerprint density at radius 1 is 1.04 bits per heavy atom. The van der Waals surface area contributed by atoms with Crippen molar-refractivity contribution in [3.05, 3.63) is 53.7 Å². The second-order valence-electron chi connectivity index (χ2n) is 6.03. The fraction of sp³-hybridized carbons (Fsp3) is 0.316. The van der Waals surface area contributed by atoms with Gasteiger partial charge in [0.2, 0.25) is 0 Å². The molecule has 1 aliphatic heterocycles. The van der Waals surface area contributed by atoms with Crippen LogP contribution in [0.3, 0.4) is 0 Å². The molecule has 1 fully saturated rings. The van der Waals surface area contributed by atoms with E-state index in [1.807, 2.05) is 11.0 Å². The number of esters is 1. The van der Waals surface area contributed by atoms with E-state index in [0.717, 1.165) is 5.82 Å². The lowest BCUT2D eigenvalue weighted by Gasteiger charge is -2.35. The van der Waals surface area contributed by atoms with E-state index in [9.17, 15) is 9.59 Å². The number of anilines is 2. The molecule has 3 rings (SSSR count). The lowest BCUT2D eigenvalue weighted by Crippen LogP contribution is -2.49. The number of hydrogen-bond acceptors (Lipinski definition) is 6. The molecule has 27 heavy (non-hydrogen) atoms. The molecule has 2 N–H and O–H groups in total. The summed E-state index contributed by atoms with van der Waals surface area (Å²) >= 11 is 0. The molecule has 0 unspecified atom stereocenters. The molecule has 0 bridgehead atoms. The Kier molecular flexibility index (Phi) is 7.01. The summed E-state index contributed by atoms with van der Waals surface area (Å²) in [6.07, 6.45) is 1.53. The summed E-state index contributed by atoms with van der Waals surface area (Å²) in [4.78, 5) is 32.5. The fourth-order valence-electron chi connectivity index (χ4n) is 2.86. The van der Waals surface area contributed by atoms with Crippen molar-refractivity contribution in [3.63, 3.8) is 0 Å². The first-order valence-corrected chi connectivity index (χ1v) is 8.61. The zero-order valence-electron chi connectivity index (χ0n) is 15.1. The highest BCUT2D eigenvalue weighted by molar-refractivity contribution is 5.94. The van der Waals surface area contributed by atoms with Crippen molar-refractivity contribution in [2.45, 2.75) is 6.92 Å². The molecule has 2 heterocycles. The lowest BCUT2D eigenvalue weighted by molar-refractivity contribution is 0.0525. The molecule has 0 spiro atoms. The molecule has 1 aromatic heterocycles. The number of piperazine rings is 1. The molecule has 7 nitrogen and oxygen atoms in total. The van der Waals surface area contributed by atoms with Crippen molar-refractivity contribution in [1.29, 1.82) is 0 Å². The number of amides is 1. The molecule has 1 amide bonds. The number of benzene rings is 1. The molecular formula is C19H23ClN4O3. The van der Waals surface area contributed by atoms with E-state index >= 15 is 0 Å². The van der Waals surface area contributed by atoms with Gasteiger partial charge >= 0.3 is 5.97 Å². The molecule has 1 aromatic carbocycles. The van der Waals surface area contributed by atoms with Gasteiger partial charge in [-0.1, -0.05) is 0 Å². The predicted octanol–water partition coefficient (Wildman–Crippen LogP) is 2.22. The maximum atomic E-state index is 12.5. The summed E-state index contributed by atoms with van der Waals surface area (Å²) in [7, 11) is 0. The van der Waals surface area contributed by atoms with Crippen LogP contribution in [-0.2, 0) is 4.74 Å². The predicted molar refractivity (Wildman–Crippen MR) is 106 cm³/mol. The number of pyridine rings is 1. The number of nitrogens with two attached hydrogens (primary N) is 1. The van der Waals surface area contributed by atoms with Crippen LogP contribution in [0.1, 0.15) is 27.6 Å². The summed E-state index contributed by atoms with van der Waals surface area (Å²) < 4.78 is 4.96. The number of nitrogens with zero attached hydrogens (tertiary/aromatic N) is 3. The highest BCUT2D eigenvalue weighted by Gasteiger charge is 2.23. The van der Waals surface area contributed by atoms with Crippen LogP contribution in [0.15, 0.2) is 42.6 Å². The maximum Gasteiger partial charge on any atom is 0.339 e. The topological polar surface area (TPSA) is 88.8 Å². The first-order valence-electron chi connectivity index (χ1n) is 8.61. The zero-order valence-corrected chi connectivity index (χ0v) is 15.9. The Balaban J connectivity index is 0.00000261. The van der Waals surface area contributed by atoms with Crippen LogP contribution < -0.4 is 10.6 Å². The zero-order chi connectivity index (χ0) is 18.5. The average molecular weight is 391 g/mol. The minimum absolute atomic E-state index is 0. The standard InChI is InChI=1S/C19H22N4O3.ClH/c1-2-26-19(25)15-5-8-17(21-13-15)22-9-11-23(12-10-22)18(24)14-3-6-16(20)7-4-14;/h3-8,13H,2,9-12,20H2,1H3;1H. The van der Waals surface area contributed by atoms with E-state index in [0.29, 0.717) is 49.6 Å². The summed E-state index contributed by atoms with van der Waals surface area (Å²) in [6, 6.07) is 10.5. The summed E-state index contributed by atoms with van der Waals surface area (Å²) in [6.45, 7) is 4.71. The monoisotopic (exact) mass is 390 g/mol. The average Bonchev–Trinajstić information content (AvgIpc) is 2.68. The van der Waals surface area contributed by atoms with Crippen molar-refractivity contribution >= 4 is 35.8 Å². The van der Waals surface area contributed by atoms with Gasteiger partial charge in [-0.2, -0.15) is 0 Å². The van der Waals surface area contributed by atoms with Crippen LogP contribution in [0.4, 0.5) is 11.5 Å². The van der Waals surface area contributed by atoms with Gasteiger partial charge in [0.05, 0.1) is 12.2 Å². The van der Waals surface area contributed by atoms with E-state index in [4.69, 9.17) is 10.5 Å². The Hall–Kier alpha value is -2.80. The van der Waals surface area contributed by atoms with E-state index in [2.05, 4.69) is 9.88 Å². The second-order valence-corrected chi connectivity index (χ2v) is 6.03. The van der Waals surface area contributed by atoms with Crippen LogP contribution >= 0.6 is 12.4 Å². The molecule has 8 heteroatoms. The Morgan fingerprint density at radius 3 is 2.22 bits per heavy atom. The second kappa shape index (κ2) is 9.23. The highest BCUT2D eigenvalue weighted by Crippen LogP contribution is 2.16. The smallest absolute Gasteiger partial charge is 0.339 e. The van der Waals surface area contributed by atoms with Crippen LogP contribution in [-0.4, -0.2) is 54.5 Å². The number of aromatic nitrogens is 1. The van der Waals surface area contributed by atoms with E-state index < -0.39 is 0 Å². The van der Waals surface area contributed by atoms with Crippen LogP contribution in [0, 0.1) is 0 Å². The third kappa shape index (κ3) is 4.89. The van der Waals surface area contributed by atoms with Gasteiger partial charge in [-0.3, -0.25) is 4.79 Å². The number of ether oxygens (including phenoxy) is 1. The number of carbonyl (C=O) groups is 2. The Bertz CT molecular complexity index is 773. The van der Waals surface area contributed by atoms with Crippen molar-refractivity contribution in [2.24, 2.45) is 0 Å². The van der Waals surface area contributed by atoms with Gasteiger partial charge in [-0.05, 0) is 43.3 Å². The molecule has 1 saturated heterocycles. The number of carbonyl (C=O) groups excluding carboxylic acids is 2. The van der Waals surface area contributed by atoms with Gasteiger partial charge in [0.15, 0.2) is 0 Å². The number of rotatable bonds is 4. The van der Waals surface area contributed by atoms with Crippen molar-refractivity contribution in [2.75, 3.05) is 43.4 Å². The minimum atomic E-state index is -0.370. The summed E-state index contributed by atoms with van der Waals surface area (Å²) in [5.74, 6) is 0.429. The molecular weight excluding hydrogens is 368 g/mol. The van der Waals surface area contributed by atoms with Gasteiger partial charge in [0, 0.05) is 43.6 Å². The van der Waals surface area contributed by atoms with Gasteiger partial charge < -0.3 is 20.3 Å². The highest BCUT2D eigenvalue weighted by atomic mass is 35.5. The number of nitrogen functional groups attached to an aromatic ring is 1. The summed E-state index contributed by atoms with van der Waals surface area (Å²) in [5, 5.41) is 0. The van der Waals surface area contributed by atoms with Gasteiger partial charge in [-0.25, -0.2) is 9.78 Å². The molecule has 0 radical (unpaired) electrons. The van der Waals surface area contributed by atoms with Gasteiger partial charge in [0.1, 0.15) is 5.82 Å². The molecule has 0 saturated carbocycles. The first kappa shape index (κ1) is 20.5. The molecule has 2 aromatic rings. The SMILES string of the molecule is CCOC(=O)c1ccc(N2CCN(C(=O)c3ccc(N)cc3)CC2)nc1.Cl. The molecule has 0 atom stereocenters. The summed E-state index contributed by atoms with van der Waals surface area (Å²) in [5.41, 5.74) is 7.39. The number of halogens is 1.